The van der Waals surface area contributed by atoms with Crippen LogP contribution < -0.4 is 10.6 Å². The van der Waals surface area contributed by atoms with Gasteiger partial charge in [0.1, 0.15) is 23.9 Å². The third-order valence-corrected chi connectivity index (χ3v) is 4.12. The summed E-state index contributed by atoms with van der Waals surface area (Å²) in [5.41, 5.74) is 1.59. The van der Waals surface area contributed by atoms with Crippen LogP contribution in [0.5, 0.6) is 0 Å². The van der Waals surface area contributed by atoms with E-state index >= 15 is 0 Å². The van der Waals surface area contributed by atoms with Crippen LogP contribution in [-0.2, 0) is 6.54 Å². The molecule has 122 valence electrons. The molecule has 0 radical (unpaired) electrons. The van der Waals surface area contributed by atoms with Crippen molar-refractivity contribution in [1.82, 2.24) is 10.2 Å². The molecule has 1 aliphatic heterocycles. The summed E-state index contributed by atoms with van der Waals surface area (Å²) in [6.07, 6.45) is 2.33. The van der Waals surface area contributed by atoms with Crippen molar-refractivity contribution in [2.75, 3.05) is 25.5 Å². The summed E-state index contributed by atoms with van der Waals surface area (Å²) in [5.74, 6) is 0. The van der Waals surface area contributed by atoms with Gasteiger partial charge in [-0.2, -0.15) is 15.8 Å². The Labute approximate surface area is 142 Å². The van der Waals surface area contributed by atoms with E-state index in [2.05, 4.69) is 22.6 Å². The highest BCUT2D eigenvalue weighted by molar-refractivity contribution is 5.58. The Morgan fingerprint density at radius 1 is 1.08 bits per heavy atom. The zero-order chi connectivity index (χ0) is 17.4. The normalized spacial score (nSPS) is 14.9. The van der Waals surface area contributed by atoms with Gasteiger partial charge in [0.25, 0.3) is 0 Å². The summed E-state index contributed by atoms with van der Waals surface area (Å²) in [6.45, 7) is 3.06. The van der Waals surface area contributed by atoms with Gasteiger partial charge in [0, 0.05) is 18.3 Å². The number of likely N-dealkylation sites (tertiary alicyclic amines) is 1. The van der Waals surface area contributed by atoms with Crippen molar-refractivity contribution in [2.24, 2.45) is 0 Å². The van der Waals surface area contributed by atoms with Crippen molar-refractivity contribution in [3.05, 3.63) is 41.1 Å². The number of rotatable bonds is 5. The molecule has 0 atom stereocenters. The highest BCUT2D eigenvalue weighted by atomic mass is 15.1. The topological polar surface area (TPSA) is 98.7 Å². The number of hydrogen-bond donors (Lipinski definition) is 2. The summed E-state index contributed by atoms with van der Waals surface area (Å²) in [6, 6.07) is 13.5. The molecule has 1 aromatic rings. The molecule has 0 aliphatic carbocycles. The summed E-state index contributed by atoms with van der Waals surface area (Å²) in [5, 5.41) is 33.1. The zero-order valence-corrected chi connectivity index (χ0v) is 13.7. The highest BCUT2D eigenvalue weighted by Gasteiger charge is 2.15. The summed E-state index contributed by atoms with van der Waals surface area (Å²) >= 11 is 0. The van der Waals surface area contributed by atoms with E-state index < -0.39 is 0 Å². The molecule has 0 spiro atoms. The van der Waals surface area contributed by atoms with Crippen molar-refractivity contribution >= 4 is 5.69 Å². The highest BCUT2D eigenvalue weighted by Crippen LogP contribution is 2.15. The standard InChI is InChI=1S/C18H20N6/c1-24-8-6-16(7-9-24)22-13-14-2-4-17(5-3-14)23-18(12-21)15(10-19)11-20/h2-5,16,22-23H,6-9,13H2,1H3. The third-order valence-electron chi connectivity index (χ3n) is 4.12. The number of nitriles is 3. The average Bonchev–Trinajstić information content (AvgIpc) is 2.62. The number of benzene rings is 1. The van der Waals surface area contributed by atoms with E-state index in [1.165, 1.54) is 0 Å². The van der Waals surface area contributed by atoms with E-state index in [1.54, 1.807) is 12.1 Å². The fourth-order valence-corrected chi connectivity index (χ4v) is 2.61. The van der Waals surface area contributed by atoms with E-state index in [0.29, 0.717) is 11.7 Å². The predicted molar refractivity (Wildman–Crippen MR) is 91.3 cm³/mol. The minimum Gasteiger partial charge on any atom is -0.345 e. The molecule has 1 aliphatic rings. The number of hydrogen-bond acceptors (Lipinski definition) is 6. The Hall–Kier alpha value is -2.85. The Balaban J connectivity index is 1.92. The van der Waals surface area contributed by atoms with E-state index in [0.717, 1.165) is 38.0 Å². The second-order valence-electron chi connectivity index (χ2n) is 5.87. The number of allylic oxidation sites excluding steroid dienone is 2. The predicted octanol–water partition coefficient (Wildman–Crippen LogP) is 2.11. The monoisotopic (exact) mass is 320 g/mol. The first kappa shape index (κ1) is 17.5. The van der Waals surface area contributed by atoms with Gasteiger partial charge in [0.15, 0.2) is 5.57 Å². The van der Waals surface area contributed by atoms with Gasteiger partial charge in [-0.1, -0.05) is 12.1 Å². The van der Waals surface area contributed by atoms with Gasteiger partial charge in [-0.15, -0.1) is 0 Å². The first-order valence-corrected chi connectivity index (χ1v) is 7.88. The molecule has 24 heavy (non-hydrogen) atoms. The lowest BCUT2D eigenvalue weighted by atomic mass is 10.1. The van der Waals surface area contributed by atoms with Crippen LogP contribution >= 0.6 is 0 Å². The van der Waals surface area contributed by atoms with Crippen LogP contribution in [0.3, 0.4) is 0 Å². The van der Waals surface area contributed by atoms with Gasteiger partial charge in [-0.3, -0.25) is 0 Å². The Morgan fingerprint density at radius 3 is 2.25 bits per heavy atom. The first-order chi connectivity index (χ1) is 11.7. The van der Waals surface area contributed by atoms with Crippen molar-refractivity contribution in [3.8, 4) is 18.2 Å². The van der Waals surface area contributed by atoms with Gasteiger partial charge in [-0.05, 0) is 50.7 Å². The fourth-order valence-electron chi connectivity index (χ4n) is 2.61. The molecular formula is C18H20N6. The van der Waals surface area contributed by atoms with Crippen molar-refractivity contribution in [2.45, 2.75) is 25.4 Å². The van der Waals surface area contributed by atoms with Crippen LogP contribution in [0.4, 0.5) is 5.69 Å². The summed E-state index contributed by atoms with van der Waals surface area (Å²) in [7, 11) is 2.15. The molecule has 6 nitrogen and oxygen atoms in total. The lowest BCUT2D eigenvalue weighted by molar-refractivity contribution is 0.234. The molecule has 1 saturated heterocycles. The summed E-state index contributed by atoms with van der Waals surface area (Å²) in [4.78, 5) is 2.34. The van der Waals surface area contributed by atoms with E-state index in [1.807, 2.05) is 30.3 Å². The van der Waals surface area contributed by atoms with Crippen LogP contribution in [0, 0.1) is 34.0 Å². The maximum absolute atomic E-state index is 9.04. The van der Waals surface area contributed by atoms with E-state index in [-0.39, 0.29) is 11.3 Å². The molecular weight excluding hydrogens is 300 g/mol. The van der Waals surface area contributed by atoms with Gasteiger partial charge in [0.05, 0.1) is 0 Å². The lowest BCUT2D eigenvalue weighted by Crippen LogP contribution is -2.40. The van der Waals surface area contributed by atoms with E-state index in [9.17, 15) is 0 Å². The van der Waals surface area contributed by atoms with Crippen LogP contribution in [-0.4, -0.2) is 31.1 Å². The molecule has 0 unspecified atom stereocenters. The molecule has 0 bridgehead atoms. The lowest BCUT2D eigenvalue weighted by Gasteiger charge is -2.29. The van der Waals surface area contributed by atoms with Gasteiger partial charge < -0.3 is 15.5 Å². The second kappa shape index (κ2) is 8.70. The minimum absolute atomic E-state index is 0.0304. The largest absolute Gasteiger partial charge is 0.345 e. The van der Waals surface area contributed by atoms with Crippen LogP contribution in [0.25, 0.3) is 0 Å². The van der Waals surface area contributed by atoms with E-state index in [4.69, 9.17) is 15.8 Å². The first-order valence-electron chi connectivity index (χ1n) is 7.88. The Kier molecular flexibility index (Phi) is 6.34. The van der Waals surface area contributed by atoms with Crippen molar-refractivity contribution in [1.29, 1.82) is 15.8 Å². The molecule has 6 heteroatoms. The maximum atomic E-state index is 9.04. The third kappa shape index (κ3) is 4.83. The quantitative estimate of drug-likeness (QED) is 0.806. The zero-order valence-electron chi connectivity index (χ0n) is 13.7. The molecule has 1 fully saturated rings. The minimum atomic E-state index is -0.217. The molecule has 0 saturated carbocycles. The van der Waals surface area contributed by atoms with Crippen LogP contribution in [0.15, 0.2) is 35.5 Å². The van der Waals surface area contributed by atoms with Crippen LogP contribution in [0.1, 0.15) is 18.4 Å². The molecule has 0 aromatic heterocycles. The fraction of sp³-hybridized carbons (Fsp3) is 0.389. The second-order valence-corrected chi connectivity index (χ2v) is 5.87. The van der Waals surface area contributed by atoms with Gasteiger partial charge in [-0.25, -0.2) is 0 Å². The van der Waals surface area contributed by atoms with Crippen LogP contribution in [0.2, 0.25) is 0 Å². The molecule has 2 N–H and O–H groups in total. The smallest absolute Gasteiger partial charge is 0.163 e. The molecule has 2 rings (SSSR count). The summed E-state index contributed by atoms with van der Waals surface area (Å²) < 4.78 is 0. The number of anilines is 1. The molecule has 1 aromatic carbocycles. The van der Waals surface area contributed by atoms with Gasteiger partial charge in [0.2, 0.25) is 0 Å². The molecule has 1 heterocycles. The average molecular weight is 320 g/mol. The van der Waals surface area contributed by atoms with Gasteiger partial charge >= 0.3 is 0 Å². The molecule has 0 amide bonds. The number of nitrogens with one attached hydrogen (secondary N) is 2. The number of piperidine rings is 1. The maximum Gasteiger partial charge on any atom is 0.163 e. The Morgan fingerprint density at radius 2 is 1.71 bits per heavy atom. The Bertz CT molecular complexity index is 690. The van der Waals surface area contributed by atoms with Crippen molar-refractivity contribution < 1.29 is 0 Å². The van der Waals surface area contributed by atoms with Crippen molar-refractivity contribution in [3.63, 3.8) is 0 Å². The SMILES string of the molecule is CN1CCC(NCc2ccc(NC(C#N)=C(C#N)C#N)cc2)CC1. The number of nitrogens with zero attached hydrogens (tertiary/aromatic N) is 4.